The van der Waals surface area contributed by atoms with Crippen LogP contribution >= 0.6 is 0 Å². The minimum Gasteiger partial charge on any atom is -0.349 e. The molecule has 1 atom stereocenters. The Morgan fingerprint density at radius 3 is 2.46 bits per heavy atom. The van der Waals surface area contributed by atoms with Crippen molar-refractivity contribution in [2.75, 3.05) is 6.54 Å². The van der Waals surface area contributed by atoms with E-state index in [1.807, 2.05) is 53.4 Å². The van der Waals surface area contributed by atoms with Crippen molar-refractivity contribution in [2.24, 2.45) is 0 Å². The highest BCUT2D eigenvalue weighted by Crippen LogP contribution is 2.22. The normalized spacial score (nSPS) is 19.1. The highest BCUT2D eigenvalue weighted by atomic mass is 16.2. The molecule has 1 heterocycles. The fourth-order valence-corrected chi connectivity index (χ4v) is 3.73. The molecule has 0 aromatic heterocycles. The van der Waals surface area contributed by atoms with Crippen LogP contribution in [0.25, 0.3) is 6.08 Å². The average molecular weight is 374 g/mol. The molecular weight excluding hydrogens is 348 g/mol. The maximum Gasteiger partial charge on any atom is 0.251 e. The van der Waals surface area contributed by atoms with E-state index in [0.29, 0.717) is 11.6 Å². The summed E-state index contributed by atoms with van der Waals surface area (Å²) in [5, 5.41) is 2.98. The highest BCUT2D eigenvalue weighted by Gasteiger charge is 2.27. The van der Waals surface area contributed by atoms with E-state index in [2.05, 4.69) is 17.4 Å². The van der Waals surface area contributed by atoms with Gasteiger partial charge in [-0.15, -0.1) is 0 Å². The summed E-state index contributed by atoms with van der Waals surface area (Å²) >= 11 is 0. The quantitative estimate of drug-likeness (QED) is 0.782. The molecule has 1 saturated carbocycles. The molecular formula is C24H26N2O2. The van der Waals surface area contributed by atoms with Gasteiger partial charge in [0.2, 0.25) is 5.91 Å². The molecule has 4 heteroatoms. The standard InChI is InChI=1S/C24H26N2O2/c27-23(26-16-4-7-22(26)17-19-5-2-1-3-6-19)15-10-18-8-11-20(12-9-18)24(28)25-21-13-14-21/h1-3,5-6,8-12,15,21-22H,4,7,13-14,16-17H2,(H,25,28)/b15-10+. The molecule has 2 aliphatic rings. The Bertz CT molecular complexity index is 854. The van der Waals surface area contributed by atoms with Gasteiger partial charge in [0.15, 0.2) is 0 Å². The van der Waals surface area contributed by atoms with Gasteiger partial charge >= 0.3 is 0 Å². The molecule has 1 N–H and O–H groups in total. The average Bonchev–Trinajstić information content (AvgIpc) is 3.42. The SMILES string of the molecule is O=C(NC1CC1)c1ccc(/C=C/C(=O)N2CCCC2Cc2ccccc2)cc1. The van der Waals surface area contributed by atoms with E-state index in [9.17, 15) is 9.59 Å². The van der Waals surface area contributed by atoms with Crippen molar-refractivity contribution in [3.63, 3.8) is 0 Å². The van der Waals surface area contributed by atoms with Gasteiger partial charge in [-0.1, -0.05) is 42.5 Å². The monoisotopic (exact) mass is 374 g/mol. The van der Waals surface area contributed by atoms with Crippen molar-refractivity contribution >= 4 is 17.9 Å². The van der Waals surface area contributed by atoms with Gasteiger partial charge < -0.3 is 10.2 Å². The minimum atomic E-state index is -0.0186. The van der Waals surface area contributed by atoms with Crippen LogP contribution in [-0.2, 0) is 11.2 Å². The predicted molar refractivity (Wildman–Crippen MR) is 111 cm³/mol. The van der Waals surface area contributed by atoms with Gasteiger partial charge in [0, 0.05) is 30.3 Å². The van der Waals surface area contributed by atoms with Crippen molar-refractivity contribution < 1.29 is 9.59 Å². The summed E-state index contributed by atoms with van der Waals surface area (Å²) in [4.78, 5) is 26.7. The minimum absolute atomic E-state index is 0.0186. The number of amides is 2. The predicted octanol–water partition coefficient (Wildman–Crippen LogP) is 3.83. The highest BCUT2D eigenvalue weighted by molar-refractivity contribution is 5.95. The summed E-state index contributed by atoms with van der Waals surface area (Å²) in [5.74, 6) is 0.0453. The van der Waals surface area contributed by atoms with E-state index in [1.165, 1.54) is 5.56 Å². The molecule has 28 heavy (non-hydrogen) atoms. The summed E-state index contributed by atoms with van der Waals surface area (Å²) in [7, 11) is 0. The summed E-state index contributed by atoms with van der Waals surface area (Å²) in [5.41, 5.74) is 2.87. The first kappa shape index (κ1) is 18.5. The van der Waals surface area contributed by atoms with Gasteiger partial charge in [-0.05, 0) is 61.4 Å². The van der Waals surface area contributed by atoms with E-state index in [0.717, 1.165) is 44.2 Å². The van der Waals surface area contributed by atoms with Crippen molar-refractivity contribution in [2.45, 2.75) is 44.2 Å². The summed E-state index contributed by atoms with van der Waals surface area (Å²) < 4.78 is 0. The number of nitrogens with one attached hydrogen (secondary N) is 1. The second-order valence-corrected chi connectivity index (χ2v) is 7.72. The molecule has 0 bridgehead atoms. The molecule has 0 spiro atoms. The largest absolute Gasteiger partial charge is 0.349 e. The Hall–Kier alpha value is -2.88. The molecule has 2 amide bonds. The second-order valence-electron chi connectivity index (χ2n) is 7.72. The fourth-order valence-electron chi connectivity index (χ4n) is 3.73. The van der Waals surface area contributed by atoms with E-state index < -0.39 is 0 Å². The summed E-state index contributed by atoms with van der Waals surface area (Å²) in [6.07, 6.45) is 8.67. The lowest BCUT2D eigenvalue weighted by Crippen LogP contribution is -2.35. The molecule has 1 unspecified atom stereocenters. The Morgan fingerprint density at radius 1 is 1.00 bits per heavy atom. The first-order valence-electron chi connectivity index (χ1n) is 10.1. The summed E-state index contributed by atoms with van der Waals surface area (Å²) in [6.45, 7) is 0.820. The lowest BCUT2D eigenvalue weighted by atomic mass is 10.0. The molecule has 1 saturated heterocycles. The van der Waals surface area contributed by atoms with Crippen LogP contribution in [0, 0.1) is 0 Å². The van der Waals surface area contributed by atoms with Gasteiger partial charge in [0.05, 0.1) is 0 Å². The second kappa shape index (κ2) is 8.42. The molecule has 2 aromatic carbocycles. The Morgan fingerprint density at radius 2 is 1.75 bits per heavy atom. The maximum absolute atomic E-state index is 12.7. The van der Waals surface area contributed by atoms with Gasteiger partial charge in [0.1, 0.15) is 0 Å². The number of benzene rings is 2. The van der Waals surface area contributed by atoms with Crippen molar-refractivity contribution in [3.05, 3.63) is 77.4 Å². The molecule has 1 aliphatic carbocycles. The Kier molecular flexibility index (Phi) is 5.56. The van der Waals surface area contributed by atoms with Crippen LogP contribution in [0.2, 0.25) is 0 Å². The van der Waals surface area contributed by atoms with Gasteiger partial charge in [-0.2, -0.15) is 0 Å². The maximum atomic E-state index is 12.7. The molecule has 144 valence electrons. The van der Waals surface area contributed by atoms with E-state index >= 15 is 0 Å². The number of carbonyl (C=O) groups is 2. The smallest absolute Gasteiger partial charge is 0.251 e. The number of carbonyl (C=O) groups excluding carboxylic acids is 2. The zero-order valence-corrected chi connectivity index (χ0v) is 16.0. The van der Waals surface area contributed by atoms with Crippen LogP contribution in [0.3, 0.4) is 0 Å². The molecule has 1 aliphatic heterocycles. The van der Waals surface area contributed by atoms with Crippen LogP contribution < -0.4 is 5.32 Å². The Labute approximate surface area is 166 Å². The van der Waals surface area contributed by atoms with Gasteiger partial charge in [-0.3, -0.25) is 9.59 Å². The summed E-state index contributed by atoms with van der Waals surface area (Å²) in [6, 6.07) is 18.4. The van der Waals surface area contributed by atoms with Crippen LogP contribution in [0.4, 0.5) is 0 Å². The first-order chi connectivity index (χ1) is 13.7. The van der Waals surface area contributed by atoms with E-state index in [1.54, 1.807) is 6.08 Å². The van der Waals surface area contributed by atoms with Gasteiger partial charge in [0.25, 0.3) is 5.91 Å². The zero-order valence-electron chi connectivity index (χ0n) is 16.0. The lowest BCUT2D eigenvalue weighted by molar-refractivity contribution is -0.126. The topological polar surface area (TPSA) is 49.4 Å². The van der Waals surface area contributed by atoms with Crippen LogP contribution in [0.1, 0.15) is 47.2 Å². The van der Waals surface area contributed by atoms with E-state index in [4.69, 9.17) is 0 Å². The third-order valence-electron chi connectivity index (χ3n) is 5.48. The van der Waals surface area contributed by atoms with Gasteiger partial charge in [-0.25, -0.2) is 0 Å². The van der Waals surface area contributed by atoms with Crippen molar-refractivity contribution in [1.29, 1.82) is 0 Å². The molecule has 0 radical (unpaired) electrons. The van der Waals surface area contributed by atoms with E-state index in [-0.39, 0.29) is 17.9 Å². The number of likely N-dealkylation sites (tertiary alicyclic amines) is 1. The van der Waals surface area contributed by atoms with Crippen molar-refractivity contribution in [1.82, 2.24) is 10.2 Å². The fraction of sp³-hybridized carbons (Fsp3) is 0.333. The molecule has 4 rings (SSSR count). The molecule has 2 aromatic rings. The third-order valence-corrected chi connectivity index (χ3v) is 5.48. The Balaban J connectivity index is 1.35. The molecule has 4 nitrogen and oxygen atoms in total. The first-order valence-corrected chi connectivity index (χ1v) is 10.1. The number of hydrogen-bond donors (Lipinski definition) is 1. The number of rotatable bonds is 6. The van der Waals surface area contributed by atoms with Crippen LogP contribution in [0.15, 0.2) is 60.7 Å². The number of hydrogen-bond acceptors (Lipinski definition) is 2. The van der Waals surface area contributed by atoms with Crippen LogP contribution in [-0.4, -0.2) is 35.3 Å². The van der Waals surface area contributed by atoms with Crippen molar-refractivity contribution in [3.8, 4) is 0 Å². The zero-order chi connectivity index (χ0) is 19.3. The van der Waals surface area contributed by atoms with Crippen LogP contribution in [0.5, 0.6) is 0 Å². The third kappa shape index (κ3) is 4.69. The number of nitrogens with zero attached hydrogens (tertiary/aromatic N) is 1. The molecule has 2 fully saturated rings. The lowest BCUT2D eigenvalue weighted by Gasteiger charge is -2.23.